The molecule has 1 N–H and O–H groups in total. The lowest BCUT2D eigenvalue weighted by molar-refractivity contribution is 0.0929. The highest BCUT2D eigenvalue weighted by atomic mass is 16.3. The maximum absolute atomic E-state index is 10.0. The van der Waals surface area contributed by atoms with E-state index in [2.05, 4.69) is 46.4 Å². The minimum absolute atomic E-state index is 0.172. The number of hydrogen-bond donors (Lipinski definition) is 1. The highest BCUT2D eigenvalue weighted by molar-refractivity contribution is 5.36. The molecule has 0 aliphatic heterocycles. The summed E-state index contributed by atoms with van der Waals surface area (Å²) in [5.41, 5.74) is 4.72. The lowest BCUT2D eigenvalue weighted by atomic mass is 9.60. The molecule has 3 fully saturated rings. The molecule has 158 valence electrons. The molecular weight excluding hydrogens is 340 g/mol. The number of aliphatic hydroxyl groups excluding tert-OH is 1. The van der Waals surface area contributed by atoms with E-state index in [4.69, 9.17) is 0 Å². The third-order valence-corrected chi connectivity index (χ3v) is 8.35. The van der Waals surface area contributed by atoms with Gasteiger partial charge in [0.1, 0.15) is 0 Å². The van der Waals surface area contributed by atoms with Gasteiger partial charge in [0.2, 0.25) is 0 Å². The van der Waals surface area contributed by atoms with Crippen molar-refractivity contribution < 1.29 is 5.11 Å². The van der Waals surface area contributed by atoms with Crippen LogP contribution in [0, 0.1) is 29.1 Å². The number of allylic oxidation sites excluding steroid dienone is 4. The van der Waals surface area contributed by atoms with Gasteiger partial charge < -0.3 is 5.11 Å². The Labute approximate surface area is 174 Å². The van der Waals surface area contributed by atoms with E-state index in [1.54, 1.807) is 5.57 Å². The van der Waals surface area contributed by atoms with Crippen LogP contribution in [0.25, 0.3) is 0 Å². The molecule has 5 unspecified atom stereocenters. The first kappa shape index (κ1) is 21.9. The summed E-state index contributed by atoms with van der Waals surface area (Å²) in [6.45, 7) is 14.1. The van der Waals surface area contributed by atoms with Crippen LogP contribution in [0.4, 0.5) is 0 Å². The fourth-order valence-electron chi connectivity index (χ4n) is 6.66. The molecule has 0 bridgehead atoms. The summed E-state index contributed by atoms with van der Waals surface area (Å²) >= 11 is 0. The van der Waals surface area contributed by atoms with E-state index in [9.17, 15) is 5.11 Å². The molecular formula is C27H44O. The van der Waals surface area contributed by atoms with Crippen LogP contribution >= 0.6 is 0 Å². The van der Waals surface area contributed by atoms with E-state index in [0.717, 1.165) is 42.9 Å². The summed E-state index contributed by atoms with van der Waals surface area (Å²) in [5.74, 6) is 3.37. The van der Waals surface area contributed by atoms with Crippen molar-refractivity contribution in [1.29, 1.82) is 0 Å². The van der Waals surface area contributed by atoms with Crippen molar-refractivity contribution in [3.63, 3.8) is 0 Å². The van der Waals surface area contributed by atoms with Crippen molar-refractivity contribution in [2.24, 2.45) is 29.1 Å². The summed E-state index contributed by atoms with van der Waals surface area (Å²) in [7, 11) is 0. The molecule has 5 atom stereocenters. The van der Waals surface area contributed by atoms with Gasteiger partial charge in [-0.25, -0.2) is 0 Å². The van der Waals surface area contributed by atoms with Crippen LogP contribution < -0.4 is 0 Å². The fraction of sp³-hybridized carbons (Fsp3) is 0.778. The fourth-order valence-corrected chi connectivity index (χ4v) is 6.66. The first-order valence-corrected chi connectivity index (χ1v) is 12.1. The molecule has 0 amide bonds. The first-order chi connectivity index (χ1) is 13.3. The third-order valence-electron chi connectivity index (χ3n) is 8.35. The lowest BCUT2D eigenvalue weighted by Crippen LogP contribution is -2.36. The van der Waals surface area contributed by atoms with Crippen LogP contribution in [0.5, 0.6) is 0 Å². The van der Waals surface area contributed by atoms with Gasteiger partial charge in [-0.1, -0.05) is 76.8 Å². The Morgan fingerprint density at radius 3 is 2.64 bits per heavy atom. The molecule has 0 aromatic heterocycles. The van der Waals surface area contributed by atoms with Crippen LogP contribution in [0.15, 0.2) is 35.5 Å². The topological polar surface area (TPSA) is 20.2 Å². The van der Waals surface area contributed by atoms with Crippen molar-refractivity contribution >= 4 is 0 Å². The van der Waals surface area contributed by atoms with Crippen molar-refractivity contribution in [1.82, 2.24) is 0 Å². The minimum Gasteiger partial charge on any atom is -0.393 e. The molecule has 1 nitrogen and oxygen atoms in total. The van der Waals surface area contributed by atoms with Crippen molar-refractivity contribution in [3.05, 3.63) is 35.5 Å². The summed E-state index contributed by atoms with van der Waals surface area (Å²) in [5, 5.41) is 10.0. The van der Waals surface area contributed by atoms with Crippen LogP contribution in [-0.2, 0) is 0 Å². The SMILES string of the molecule is C=C1CCC(O)C/C1=C\C=C1/CCCC2(C)C1CCC2C(C)CCCC(C)C. The van der Waals surface area contributed by atoms with Gasteiger partial charge in [0.05, 0.1) is 6.10 Å². The summed E-state index contributed by atoms with van der Waals surface area (Å²) < 4.78 is 0. The number of hydrogen-bond acceptors (Lipinski definition) is 1. The molecule has 0 aromatic carbocycles. The Hall–Kier alpha value is -0.820. The summed E-state index contributed by atoms with van der Waals surface area (Å²) in [4.78, 5) is 0. The second-order valence-corrected chi connectivity index (χ2v) is 10.8. The quantitative estimate of drug-likeness (QED) is 0.499. The van der Waals surface area contributed by atoms with E-state index in [1.807, 2.05) is 0 Å². The van der Waals surface area contributed by atoms with E-state index in [1.165, 1.54) is 62.5 Å². The van der Waals surface area contributed by atoms with Gasteiger partial charge in [-0.2, -0.15) is 0 Å². The Morgan fingerprint density at radius 2 is 1.89 bits per heavy atom. The van der Waals surface area contributed by atoms with Gasteiger partial charge >= 0.3 is 0 Å². The zero-order chi connectivity index (χ0) is 20.3. The monoisotopic (exact) mass is 384 g/mol. The van der Waals surface area contributed by atoms with Gasteiger partial charge in [-0.05, 0) is 86.0 Å². The smallest absolute Gasteiger partial charge is 0.0583 e. The maximum Gasteiger partial charge on any atom is 0.0583 e. The molecule has 3 aliphatic rings. The normalized spacial score (nSPS) is 37.6. The highest BCUT2D eigenvalue weighted by Crippen LogP contribution is 2.59. The van der Waals surface area contributed by atoms with Gasteiger partial charge in [0, 0.05) is 0 Å². The molecule has 3 rings (SSSR count). The molecule has 3 saturated carbocycles. The van der Waals surface area contributed by atoms with Crippen molar-refractivity contribution in [2.75, 3.05) is 0 Å². The second kappa shape index (κ2) is 9.33. The van der Waals surface area contributed by atoms with Gasteiger partial charge in [-0.15, -0.1) is 0 Å². The molecule has 0 saturated heterocycles. The molecule has 0 heterocycles. The molecule has 1 heteroatoms. The van der Waals surface area contributed by atoms with E-state index in [-0.39, 0.29) is 6.10 Å². The average Bonchev–Trinajstić information content (AvgIpc) is 2.99. The molecule has 3 aliphatic carbocycles. The van der Waals surface area contributed by atoms with Gasteiger partial charge in [-0.3, -0.25) is 0 Å². The van der Waals surface area contributed by atoms with Gasteiger partial charge in [0.15, 0.2) is 0 Å². The average molecular weight is 385 g/mol. The first-order valence-electron chi connectivity index (χ1n) is 12.1. The van der Waals surface area contributed by atoms with Crippen LogP contribution in [0.1, 0.15) is 98.3 Å². The second-order valence-electron chi connectivity index (χ2n) is 10.8. The van der Waals surface area contributed by atoms with E-state index in [0.29, 0.717) is 5.41 Å². The highest BCUT2D eigenvalue weighted by Gasteiger charge is 2.50. The predicted octanol–water partition coefficient (Wildman–Crippen LogP) is 7.62. The van der Waals surface area contributed by atoms with Crippen molar-refractivity contribution in [2.45, 2.75) is 104 Å². The lowest BCUT2D eigenvalue weighted by Gasteiger charge is -2.44. The largest absolute Gasteiger partial charge is 0.393 e. The van der Waals surface area contributed by atoms with Crippen LogP contribution in [0.3, 0.4) is 0 Å². The zero-order valence-corrected chi connectivity index (χ0v) is 19.0. The zero-order valence-electron chi connectivity index (χ0n) is 19.0. The Balaban J connectivity index is 1.70. The number of aliphatic hydroxyl groups is 1. The van der Waals surface area contributed by atoms with Crippen LogP contribution in [-0.4, -0.2) is 11.2 Å². The Kier molecular flexibility index (Phi) is 7.29. The standard InChI is InChI=1S/C27H44O/c1-19(2)8-6-9-21(4)25-15-16-26-22(10-7-17-27(25,26)5)12-13-23-18-24(28)14-11-20(23)3/h12-13,19,21,24-26,28H,3,6-11,14-18H2,1-2,4-5H3/b22-12+,23-13+. The van der Waals surface area contributed by atoms with Crippen molar-refractivity contribution in [3.8, 4) is 0 Å². The maximum atomic E-state index is 10.0. The third kappa shape index (κ3) is 4.84. The predicted molar refractivity (Wildman–Crippen MR) is 121 cm³/mol. The number of fused-ring (bicyclic) bond motifs is 1. The Morgan fingerprint density at radius 1 is 1.11 bits per heavy atom. The Bertz CT molecular complexity index is 610. The van der Waals surface area contributed by atoms with E-state index < -0.39 is 0 Å². The van der Waals surface area contributed by atoms with Crippen LogP contribution in [0.2, 0.25) is 0 Å². The molecule has 0 spiro atoms. The molecule has 28 heavy (non-hydrogen) atoms. The summed E-state index contributed by atoms with van der Waals surface area (Å²) in [6.07, 6.45) is 18.2. The van der Waals surface area contributed by atoms with Gasteiger partial charge in [0.25, 0.3) is 0 Å². The van der Waals surface area contributed by atoms with E-state index >= 15 is 0 Å². The summed E-state index contributed by atoms with van der Waals surface area (Å²) in [6, 6.07) is 0. The number of rotatable bonds is 6. The molecule has 0 radical (unpaired) electrons. The molecule has 0 aromatic rings. The minimum atomic E-state index is -0.172.